The number of halogens is 6. The van der Waals surface area contributed by atoms with Crippen molar-refractivity contribution >= 4 is 0 Å². The fourth-order valence-electron chi connectivity index (χ4n) is 4.59. The van der Waals surface area contributed by atoms with E-state index in [9.17, 15) is 26.3 Å². The minimum atomic E-state index is -5.17. The molecule has 0 nitrogen and oxygen atoms in total. The Morgan fingerprint density at radius 1 is 0.697 bits per heavy atom. The summed E-state index contributed by atoms with van der Waals surface area (Å²) in [4.78, 5) is 0. The number of fused-ring (bicyclic) bond motifs is 3. The quantitative estimate of drug-likeness (QED) is 0.190. The number of benzene rings is 3. The fourth-order valence-corrected chi connectivity index (χ4v) is 4.59. The van der Waals surface area contributed by atoms with Gasteiger partial charge in [0.15, 0.2) is 0 Å². The summed E-state index contributed by atoms with van der Waals surface area (Å²) in [6, 6.07) is 9.99. The zero-order chi connectivity index (χ0) is 23.8. The van der Waals surface area contributed by atoms with Gasteiger partial charge in [-0.05, 0) is 76.9 Å². The lowest BCUT2D eigenvalue weighted by molar-refractivity contribution is -0.142. The maximum absolute atomic E-state index is 14.9. The molecule has 0 radical (unpaired) electrons. The molecule has 0 heterocycles. The molecule has 0 atom stereocenters. The van der Waals surface area contributed by atoms with E-state index in [-0.39, 0.29) is 11.1 Å². The van der Waals surface area contributed by atoms with Gasteiger partial charge < -0.3 is 0 Å². The molecule has 0 saturated heterocycles. The van der Waals surface area contributed by atoms with Gasteiger partial charge in [-0.15, -0.1) is 0 Å². The van der Waals surface area contributed by atoms with Crippen LogP contribution in [-0.2, 0) is 19.0 Å². The SMILES string of the molecule is CCCCCCCc1ccc2c(c1)Cc1cc(-c3cc(F)c(C(F)(F)F)c(F)c3)c(F)cc1-2. The van der Waals surface area contributed by atoms with Gasteiger partial charge >= 0.3 is 6.18 Å². The summed E-state index contributed by atoms with van der Waals surface area (Å²) in [5.41, 5.74) is 2.31. The van der Waals surface area contributed by atoms with Crippen molar-refractivity contribution in [3.63, 3.8) is 0 Å². The Bertz CT molecular complexity index is 1150. The highest BCUT2D eigenvalue weighted by molar-refractivity contribution is 5.81. The normalized spacial score (nSPS) is 12.7. The van der Waals surface area contributed by atoms with Crippen LogP contribution in [0.3, 0.4) is 0 Å². The third-order valence-electron chi connectivity index (χ3n) is 6.24. The Morgan fingerprint density at radius 3 is 2.03 bits per heavy atom. The molecule has 0 saturated carbocycles. The zero-order valence-electron chi connectivity index (χ0n) is 18.3. The van der Waals surface area contributed by atoms with Crippen LogP contribution in [0.1, 0.15) is 61.3 Å². The summed E-state index contributed by atoms with van der Waals surface area (Å²) in [5.74, 6) is -4.26. The largest absolute Gasteiger partial charge is 0.422 e. The van der Waals surface area contributed by atoms with Crippen LogP contribution >= 0.6 is 0 Å². The van der Waals surface area contributed by atoms with E-state index in [0.29, 0.717) is 24.1 Å². The molecule has 0 N–H and O–H groups in total. The van der Waals surface area contributed by atoms with Crippen LogP contribution in [0.25, 0.3) is 22.3 Å². The first-order chi connectivity index (χ1) is 15.7. The Balaban J connectivity index is 1.60. The van der Waals surface area contributed by atoms with Gasteiger partial charge in [0.05, 0.1) is 0 Å². The molecule has 4 rings (SSSR count). The molecule has 0 bridgehead atoms. The van der Waals surface area contributed by atoms with Crippen molar-refractivity contribution in [3.05, 3.63) is 82.2 Å². The van der Waals surface area contributed by atoms with Gasteiger partial charge in [0.1, 0.15) is 23.0 Å². The molecule has 0 spiro atoms. The van der Waals surface area contributed by atoms with Crippen LogP contribution in [0.15, 0.2) is 42.5 Å². The average Bonchev–Trinajstić information content (AvgIpc) is 3.08. The predicted molar refractivity (Wildman–Crippen MR) is 117 cm³/mol. The van der Waals surface area contributed by atoms with E-state index in [4.69, 9.17) is 0 Å². The van der Waals surface area contributed by atoms with Crippen LogP contribution in [0.2, 0.25) is 0 Å². The third kappa shape index (κ3) is 4.80. The molecule has 1 aliphatic carbocycles. The zero-order valence-corrected chi connectivity index (χ0v) is 18.3. The first-order valence-corrected chi connectivity index (χ1v) is 11.2. The van der Waals surface area contributed by atoms with Crippen molar-refractivity contribution < 1.29 is 26.3 Å². The molecule has 6 heteroatoms. The van der Waals surface area contributed by atoms with Crippen molar-refractivity contribution in [2.45, 2.75) is 58.0 Å². The van der Waals surface area contributed by atoms with Crippen molar-refractivity contribution in [3.8, 4) is 22.3 Å². The average molecular weight is 462 g/mol. The fraction of sp³-hybridized carbons (Fsp3) is 0.333. The highest BCUT2D eigenvalue weighted by atomic mass is 19.4. The standard InChI is InChI=1S/C27H24F6/c1-2-3-4-5-6-7-16-8-9-20-17(10-16)11-18-12-22(23(28)15-21(18)20)19-13-24(29)26(25(30)14-19)27(31,32)33/h8-10,12-15H,2-7,11H2,1H3. The molecule has 174 valence electrons. The number of rotatable bonds is 7. The molecule has 33 heavy (non-hydrogen) atoms. The second-order valence-corrected chi connectivity index (χ2v) is 8.63. The summed E-state index contributed by atoms with van der Waals surface area (Å²) in [7, 11) is 0. The lowest BCUT2D eigenvalue weighted by atomic mass is 9.97. The second-order valence-electron chi connectivity index (χ2n) is 8.63. The van der Waals surface area contributed by atoms with Crippen molar-refractivity contribution in [2.24, 2.45) is 0 Å². The van der Waals surface area contributed by atoms with Crippen molar-refractivity contribution in [1.29, 1.82) is 0 Å². The molecule has 3 aromatic rings. The van der Waals surface area contributed by atoms with Crippen LogP contribution < -0.4 is 0 Å². The Morgan fingerprint density at radius 2 is 1.36 bits per heavy atom. The maximum Gasteiger partial charge on any atom is 0.422 e. The minimum absolute atomic E-state index is 0.121. The van der Waals surface area contributed by atoms with Crippen LogP contribution in [-0.4, -0.2) is 0 Å². The van der Waals surface area contributed by atoms with Crippen molar-refractivity contribution in [2.75, 3.05) is 0 Å². The highest BCUT2D eigenvalue weighted by Crippen LogP contribution is 2.42. The number of alkyl halides is 3. The van der Waals surface area contributed by atoms with Crippen LogP contribution in [0.5, 0.6) is 0 Å². The van der Waals surface area contributed by atoms with E-state index >= 15 is 0 Å². The van der Waals surface area contributed by atoms with Gasteiger partial charge in [-0.3, -0.25) is 0 Å². The van der Waals surface area contributed by atoms with E-state index in [1.807, 2.05) is 12.1 Å². The monoisotopic (exact) mass is 462 g/mol. The number of hydrogen-bond donors (Lipinski definition) is 0. The smallest absolute Gasteiger partial charge is 0.206 e. The van der Waals surface area contributed by atoms with E-state index in [0.717, 1.165) is 29.5 Å². The van der Waals surface area contributed by atoms with E-state index < -0.39 is 29.2 Å². The highest BCUT2D eigenvalue weighted by Gasteiger charge is 2.38. The van der Waals surface area contributed by atoms with Gasteiger partial charge in [0, 0.05) is 5.56 Å². The molecule has 3 aromatic carbocycles. The first-order valence-electron chi connectivity index (χ1n) is 11.2. The van der Waals surface area contributed by atoms with Crippen LogP contribution in [0.4, 0.5) is 26.3 Å². The van der Waals surface area contributed by atoms with Gasteiger partial charge in [-0.25, -0.2) is 13.2 Å². The topological polar surface area (TPSA) is 0 Å². The van der Waals surface area contributed by atoms with Crippen LogP contribution in [0, 0.1) is 17.5 Å². The predicted octanol–water partition coefficient (Wildman–Crippen LogP) is 8.87. The summed E-state index contributed by atoms with van der Waals surface area (Å²) < 4.78 is 81.6. The number of unbranched alkanes of at least 4 members (excludes halogenated alkanes) is 4. The number of hydrogen-bond acceptors (Lipinski definition) is 0. The van der Waals surface area contributed by atoms with E-state index in [1.54, 1.807) is 0 Å². The minimum Gasteiger partial charge on any atom is -0.206 e. The second kappa shape index (κ2) is 9.24. The molecule has 0 aromatic heterocycles. The Labute approximate surface area is 189 Å². The molecule has 0 unspecified atom stereocenters. The third-order valence-corrected chi connectivity index (χ3v) is 6.24. The summed E-state index contributed by atoms with van der Waals surface area (Å²) in [6.07, 6.45) is 2.28. The van der Waals surface area contributed by atoms with Crippen molar-refractivity contribution in [1.82, 2.24) is 0 Å². The van der Waals surface area contributed by atoms with Gasteiger partial charge in [0.2, 0.25) is 0 Å². The van der Waals surface area contributed by atoms with Gasteiger partial charge in [0.25, 0.3) is 0 Å². The van der Waals surface area contributed by atoms with E-state index in [2.05, 4.69) is 13.0 Å². The van der Waals surface area contributed by atoms with Gasteiger partial charge in [-0.2, -0.15) is 13.2 Å². The molecule has 0 amide bonds. The lowest BCUT2D eigenvalue weighted by Crippen LogP contribution is -2.11. The summed E-state index contributed by atoms with van der Waals surface area (Å²) in [5, 5.41) is 0. The molecule has 0 fully saturated rings. The Kier molecular flexibility index (Phi) is 6.55. The molecule has 0 aliphatic heterocycles. The summed E-state index contributed by atoms with van der Waals surface area (Å²) >= 11 is 0. The molecular weight excluding hydrogens is 438 g/mol. The van der Waals surface area contributed by atoms with E-state index in [1.165, 1.54) is 43.4 Å². The molecular formula is C27H24F6. The maximum atomic E-state index is 14.9. The summed E-state index contributed by atoms with van der Waals surface area (Å²) in [6.45, 7) is 2.18. The lowest BCUT2D eigenvalue weighted by Gasteiger charge is -2.13. The first kappa shape index (κ1) is 23.4. The van der Waals surface area contributed by atoms with Gasteiger partial charge in [-0.1, -0.05) is 50.8 Å². The molecule has 1 aliphatic rings. The Hall–Kier alpha value is -2.76. The number of aryl methyl sites for hydroxylation is 1.